The van der Waals surface area contributed by atoms with Crippen molar-refractivity contribution in [1.29, 1.82) is 0 Å². The lowest BCUT2D eigenvalue weighted by atomic mass is 11.3. The van der Waals surface area contributed by atoms with Gasteiger partial charge in [0, 0.05) is 0 Å². The molecule has 0 radical (unpaired) electrons. The highest BCUT2D eigenvalue weighted by atomic mass is 19.0. The van der Waals surface area contributed by atoms with Crippen molar-refractivity contribution < 1.29 is 14.1 Å². The Labute approximate surface area is 42.2 Å². The van der Waals surface area contributed by atoms with Crippen LogP contribution in [0.15, 0.2) is 0 Å². The molecule has 0 amide bonds. The summed E-state index contributed by atoms with van der Waals surface area (Å²) in [5.41, 5.74) is 0. The monoisotopic (exact) mass is 121 g/mol. The van der Waals surface area contributed by atoms with Gasteiger partial charge in [0.2, 0.25) is 0 Å². The predicted molar refractivity (Wildman–Crippen MR) is 29.2 cm³/mol. The molecule has 0 aliphatic carbocycles. The van der Waals surface area contributed by atoms with Crippen LogP contribution >= 0.6 is 0 Å². The van der Waals surface area contributed by atoms with Crippen molar-refractivity contribution >= 4 is 0 Å². The summed E-state index contributed by atoms with van der Waals surface area (Å²) in [6, 6.07) is 0. The van der Waals surface area contributed by atoms with E-state index in [0.717, 1.165) is 0 Å². The Hall–Kier alpha value is -0.250. The number of rotatable bonds is 0. The second-order valence-corrected chi connectivity index (χ2v) is 0.500. The van der Waals surface area contributed by atoms with Gasteiger partial charge in [-0.1, -0.05) is 7.43 Å². The van der Waals surface area contributed by atoms with Crippen LogP contribution in [0.3, 0.4) is 0 Å². The van der Waals surface area contributed by atoms with Crippen molar-refractivity contribution in [3.8, 4) is 0 Å². The second-order valence-electron chi connectivity index (χ2n) is 0.500. The molecule has 0 aromatic carbocycles. The van der Waals surface area contributed by atoms with E-state index in [1.54, 1.807) is 0 Å². The zero-order chi connectivity index (χ0) is 2.71. The van der Waals surface area contributed by atoms with Crippen molar-refractivity contribution in [3.63, 3.8) is 0 Å². The molecule has 0 bridgehead atoms. The fourth-order valence-electron chi connectivity index (χ4n) is 0. The first-order valence-electron chi connectivity index (χ1n) is 1.00. The summed E-state index contributed by atoms with van der Waals surface area (Å²) in [6.45, 7) is 0. The van der Waals surface area contributed by atoms with Gasteiger partial charge < -0.3 is 5.32 Å². The van der Waals surface area contributed by atoms with E-state index < -0.39 is 0 Å². The summed E-state index contributed by atoms with van der Waals surface area (Å²) in [6.07, 6.45) is 0. The largest absolute Gasteiger partial charge is 0.323 e. The van der Waals surface area contributed by atoms with E-state index in [9.17, 15) is 0 Å². The highest BCUT2D eigenvalue weighted by Gasteiger charge is 1.25. The predicted octanol–water partition coefficient (Wildman–Crippen LogP) is 0.929. The Bertz CT molecular complexity index is 10.1. The first-order valence-corrected chi connectivity index (χ1v) is 1.00. The summed E-state index contributed by atoms with van der Waals surface area (Å²) in [5.74, 6) is 0. The maximum absolute atomic E-state index is 2.75. The van der Waals surface area contributed by atoms with Gasteiger partial charge in [0.15, 0.2) is 0 Å². The van der Waals surface area contributed by atoms with Crippen molar-refractivity contribution in [3.05, 3.63) is 0 Å². The first-order chi connectivity index (χ1) is 1.41. The molecule has 52 valence electrons. The quantitative estimate of drug-likeness (QED) is 0.502. The van der Waals surface area contributed by atoms with Crippen LogP contribution in [0, 0.1) is 0 Å². The summed E-state index contributed by atoms with van der Waals surface area (Å²) in [4.78, 5) is 0. The molecule has 4 heteroatoms. The molecule has 0 unspecified atom stereocenters. The summed E-state index contributed by atoms with van der Waals surface area (Å²) < 4.78 is 0. The number of hydrogen-bond donors (Lipinski definition) is 1. The minimum Gasteiger partial charge on any atom is -0.323 e. The molecule has 0 saturated heterocycles. The van der Waals surface area contributed by atoms with Gasteiger partial charge in [-0.3, -0.25) is 14.1 Å². The van der Waals surface area contributed by atoms with E-state index in [0.29, 0.717) is 0 Å². The van der Waals surface area contributed by atoms with Crippen LogP contribution in [-0.2, 0) is 0 Å². The van der Waals surface area contributed by atoms with E-state index in [1.807, 2.05) is 14.1 Å². The van der Waals surface area contributed by atoms with Crippen LogP contribution in [-0.4, -0.2) is 14.1 Å². The minimum atomic E-state index is 0. The van der Waals surface area contributed by atoms with Crippen LogP contribution in [0.4, 0.5) is 14.1 Å². The molecule has 1 N–H and O–H groups in total. The number of hydrogen-bond acceptors (Lipinski definition) is 1. The molecule has 0 saturated carbocycles. The van der Waals surface area contributed by atoms with Crippen LogP contribution in [0.25, 0.3) is 0 Å². The first kappa shape index (κ1) is 72.9. The lowest BCUT2D eigenvalue weighted by Crippen LogP contribution is -1.89. The molecule has 0 aromatic heterocycles. The fraction of sp³-hybridized carbons (Fsp3) is 1.00. The third-order valence-electron chi connectivity index (χ3n) is 0. The van der Waals surface area contributed by atoms with Crippen molar-refractivity contribution in [2.75, 3.05) is 14.1 Å². The smallest absolute Gasteiger partial charge is 0.0167 e. The molecule has 1 nitrogen and oxygen atoms in total. The third-order valence-corrected chi connectivity index (χ3v) is 0. The maximum Gasteiger partial charge on any atom is -0.0167 e. The van der Waals surface area contributed by atoms with Gasteiger partial charge in [-0.25, -0.2) is 0 Å². The second kappa shape index (κ2) is 231. The third kappa shape index (κ3) is 1290. The molecule has 0 rings (SSSR count). The van der Waals surface area contributed by atoms with Gasteiger partial charge in [0.1, 0.15) is 0 Å². The van der Waals surface area contributed by atoms with E-state index >= 15 is 0 Å². The fourth-order valence-corrected chi connectivity index (χ4v) is 0. The van der Waals surface area contributed by atoms with Crippen LogP contribution in [0.1, 0.15) is 7.43 Å². The summed E-state index contributed by atoms with van der Waals surface area (Å²) >= 11 is 0. The van der Waals surface area contributed by atoms with Gasteiger partial charge in [0.05, 0.1) is 0 Å². The van der Waals surface area contributed by atoms with Gasteiger partial charge in [-0.05, 0) is 14.1 Å². The summed E-state index contributed by atoms with van der Waals surface area (Å²) in [7, 11) is 3.75. The molecular formula is C3H14F3N. The molecule has 0 fully saturated rings. The van der Waals surface area contributed by atoms with E-state index in [-0.39, 0.29) is 21.5 Å². The maximum atomic E-state index is 2.75. The molecule has 0 aromatic rings. The normalized spacial score (nSPS) is 2.57. The topological polar surface area (TPSA) is 12.0 Å². The SMILES string of the molecule is C.CNC.F.F.F. The Morgan fingerprint density at radius 3 is 0.857 bits per heavy atom. The zero-order valence-electron chi connectivity index (χ0n) is 3.72. The molecule has 7 heavy (non-hydrogen) atoms. The molecule has 0 aliphatic heterocycles. The molecule has 0 heterocycles. The Kier molecular flexibility index (Phi) is 2400. The molecule has 0 atom stereocenters. The molecular weight excluding hydrogens is 107 g/mol. The van der Waals surface area contributed by atoms with Gasteiger partial charge in [0.25, 0.3) is 0 Å². The van der Waals surface area contributed by atoms with Gasteiger partial charge >= 0.3 is 0 Å². The van der Waals surface area contributed by atoms with Crippen LogP contribution in [0.5, 0.6) is 0 Å². The van der Waals surface area contributed by atoms with E-state index in [2.05, 4.69) is 5.32 Å². The standard InChI is InChI=1S/C2H7N.CH4.3FH/c1-3-2;;;;/h3H,1-2H3;1H4;3*1H. The van der Waals surface area contributed by atoms with Gasteiger partial charge in [-0.15, -0.1) is 0 Å². The average molecular weight is 121 g/mol. The number of halogens is 3. The molecule has 0 spiro atoms. The lowest BCUT2D eigenvalue weighted by Gasteiger charge is -1.59. The van der Waals surface area contributed by atoms with Crippen molar-refractivity contribution in [2.24, 2.45) is 0 Å². The van der Waals surface area contributed by atoms with Crippen molar-refractivity contribution in [2.45, 2.75) is 7.43 Å². The Morgan fingerprint density at radius 1 is 0.857 bits per heavy atom. The van der Waals surface area contributed by atoms with Gasteiger partial charge in [-0.2, -0.15) is 0 Å². The van der Waals surface area contributed by atoms with E-state index in [4.69, 9.17) is 0 Å². The minimum absolute atomic E-state index is 0. The highest BCUT2D eigenvalue weighted by Crippen LogP contribution is 0.981. The molecule has 0 aliphatic rings. The van der Waals surface area contributed by atoms with Crippen molar-refractivity contribution in [1.82, 2.24) is 5.32 Å². The highest BCUT2D eigenvalue weighted by molar-refractivity contribution is 3.91. The average Bonchev–Trinajstić information content (AvgIpc) is 0.918. The zero-order valence-corrected chi connectivity index (χ0v) is 3.72. The number of nitrogens with one attached hydrogen (secondary N) is 1. The van der Waals surface area contributed by atoms with Crippen LogP contribution < -0.4 is 5.32 Å². The summed E-state index contributed by atoms with van der Waals surface area (Å²) in [5, 5.41) is 2.75. The Balaban J connectivity index is -0.00000000333. The Morgan fingerprint density at radius 2 is 0.857 bits per heavy atom. The van der Waals surface area contributed by atoms with Crippen LogP contribution in [0.2, 0.25) is 0 Å². The van der Waals surface area contributed by atoms with E-state index in [1.165, 1.54) is 0 Å². The lowest BCUT2D eigenvalue weighted by molar-refractivity contribution is 1.02.